The number of ether oxygens (including phenoxy) is 3. The minimum absolute atomic E-state index is 0.0229. The number of amides is 1. The van der Waals surface area contributed by atoms with Gasteiger partial charge in [-0.1, -0.05) is 37.0 Å². The molecule has 0 radical (unpaired) electrons. The highest BCUT2D eigenvalue weighted by Crippen LogP contribution is 2.31. The molecule has 0 unspecified atom stereocenters. The second-order valence-electron chi connectivity index (χ2n) is 10.6. The third-order valence-corrected chi connectivity index (χ3v) is 6.74. The number of halogens is 3. The van der Waals surface area contributed by atoms with Crippen LogP contribution < -0.4 is 10.5 Å². The lowest BCUT2D eigenvalue weighted by Crippen LogP contribution is -2.44. The number of nitro groups is 1. The molecular weight excluding hydrogens is 588 g/mol. The van der Waals surface area contributed by atoms with Gasteiger partial charge in [0.25, 0.3) is 0 Å². The standard InChI is InChI=1S/C17H25ClN2O3.C7H5ClFNO2.C4H8O.C2H6/c1-11-9-14(19)15(10-13(11)18)22-12-5-7-20(8-6-12)16(21)23-17(2,3)4;1-4-2-7(10(11)12)6(9)3-5(4)8;1-2-4-5-3-1;1-2/h9-10,12H,5-8,19H2,1-4H3;2-3H,1H3;1-4H2;1-2H3. The number of hydrogen-bond acceptors (Lipinski definition) is 7. The number of piperidine rings is 1. The number of likely N-dealkylation sites (tertiary alicyclic amines) is 1. The van der Waals surface area contributed by atoms with Gasteiger partial charge in [0.1, 0.15) is 17.5 Å². The normalized spacial score (nSPS) is 14.8. The van der Waals surface area contributed by atoms with E-state index in [0.29, 0.717) is 35.1 Å². The highest BCUT2D eigenvalue weighted by atomic mass is 35.5. The van der Waals surface area contributed by atoms with Gasteiger partial charge >= 0.3 is 11.8 Å². The van der Waals surface area contributed by atoms with Crippen molar-refractivity contribution in [3.05, 3.63) is 61.4 Å². The minimum Gasteiger partial charge on any atom is -0.488 e. The maximum absolute atomic E-state index is 12.8. The molecule has 236 valence electrons. The summed E-state index contributed by atoms with van der Waals surface area (Å²) in [7, 11) is 0. The first-order chi connectivity index (χ1) is 19.7. The zero-order valence-electron chi connectivity index (χ0n) is 25.6. The van der Waals surface area contributed by atoms with Crippen LogP contribution in [0.15, 0.2) is 24.3 Å². The third-order valence-electron chi connectivity index (χ3n) is 5.93. The Balaban J connectivity index is 0.000000383. The summed E-state index contributed by atoms with van der Waals surface area (Å²) in [5.41, 5.74) is 6.97. The summed E-state index contributed by atoms with van der Waals surface area (Å²) in [5.74, 6) is -0.299. The van der Waals surface area contributed by atoms with Gasteiger partial charge in [0.05, 0.1) is 10.6 Å². The van der Waals surface area contributed by atoms with Crippen LogP contribution >= 0.6 is 23.2 Å². The van der Waals surface area contributed by atoms with Gasteiger partial charge in [0.15, 0.2) is 0 Å². The summed E-state index contributed by atoms with van der Waals surface area (Å²) in [4.78, 5) is 23.2. The van der Waals surface area contributed by atoms with Crippen molar-refractivity contribution in [1.82, 2.24) is 4.90 Å². The number of carbonyl (C=O) groups is 1. The van der Waals surface area contributed by atoms with E-state index in [4.69, 9.17) is 43.1 Å². The highest BCUT2D eigenvalue weighted by molar-refractivity contribution is 6.31. The number of nitro benzene ring substituents is 1. The van der Waals surface area contributed by atoms with E-state index in [2.05, 4.69) is 0 Å². The molecule has 0 atom stereocenters. The quantitative estimate of drug-likeness (QED) is 0.205. The van der Waals surface area contributed by atoms with Crippen molar-refractivity contribution in [2.75, 3.05) is 32.0 Å². The van der Waals surface area contributed by atoms with Crippen LogP contribution in [0.3, 0.4) is 0 Å². The van der Waals surface area contributed by atoms with E-state index in [9.17, 15) is 19.3 Å². The molecule has 0 spiro atoms. The maximum Gasteiger partial charge on any atom is 0.410 e. The number of hydrogen-bond donors (Lipinski definition) is 1. The molecule has 2 fully saturated rings. The molecule has 2 aliphatic heterocycles. The van der Waals surface area contributed by atoms with E-state index in [1.165, 1.54) is 12.8 Å². The van der Waals surface area contributed by atoms with E-state index in [0.717, 1.165) is 43.8 Å². The number of aryl methyl sites for hydroxylation is 2. The van der Waals surface area contributed by atoms with Crippen molar-refractivity contribution in [3.63, 3.8) is 0 Å². The predicted octanol–water partition coefficient (Wildman–Crippen LogP) is 8.53. The molecule has 0 saturated carbocycles. The van der Waals surface area contributed by atoms with Crippen molar-refractivity contribution in [3.8, 4) is 5.75 Å². The molecular formula is C30H44Cl2FN3O6. The number of benzene rings is 2. The SMILES string of the molecule is C1CCOC1.CC.Cc1cc(N)c(OC2CCN(C(=O)OC(C)(C)C)CC2)cc1Cl.Cc1cc([N+](=O)[O-])c(F)cc1Cl. The Kier molecular flexibility index (Phi) is 15.9. The van der Waals surface area contributed by atoms with E-state index in [1.807, 2.05) is 47.6 Å². The smallest absolute Gasteiger partial charge is 0.410 e. The molecule has 2 aromatic rings. The summed E-state index contributed by atoms with van der Waals surface area (Å²) >= 11 is 11.7. The van der Waals surface area contributed by atoms with Crippen LogP contribution in [0.2, 0.25) is 10.0 Å². The average Bonchev–Trinajstić information content (AvgIpc) is 3.51. The molecule has 12 heteroatoms. The van der Waals surface area contributed by atoms with E-state index in [1.54, 1.807) is 17.9 Å². The molecule has 4 rings (SSSR count). The Bertz CT molecular complexity index is 1160. The van der Waals surface area contributed by atoms with E-state index >= 15 is 0 Å². The Labute approximate surface area is 258 Å². The summed E-state index contributed by atoms with van der Waals surface area (Å²) in [6.45, 7) is 16.3. The molecule has 0 aliphatic carbocycles. The summed E-state index contributed by atoms with van der Waals surface area (Å²) < 4.78 is 29.0. The average molecular weight is 633 g/mol. The molecule has 2 N–H and O–H groups in total. The van der Waals surface area contributed by atoms with Crippen molar-refractivity contribution < 1.29 is 28.3 Å². The van der Waals surface area contributed by atoms with Crippen LogP contribution in [0, 0.1) is 29.8 Å². The lowest BCUT2D eigenvalue weighted by atomic mass is 10.1. The summed E-state index contributed by atoms with van der Waals surface area (Å²) in [5, 5.41) is 11.0. The summed E-state index contributed by atoms with van der Waals surface area (Å²) in [6.07, 6.45) is 3.79. The fraction of sp³-hybridized carbons (Fsp3) is 0.567. The maximum atomic E-state index is 12.8. The van der Waals surface area contributed by atoms with E-state index < -0.39 is 22.0 Å². The first-order valence-electron chi connectivity index (χ1n) is 14.1. The molecule has 2 saturated heterocycles. The number of rotatable bonds is 3. The monoisotopic (exact) mass is 631 g/mol. The van der Waals surface area contributed by atoms with Crippen molar-refractivity contribution in [1.29, 1.82) is 0 Å². The van der Waals surface area contributed by atoms with Crippen LogP contribution in [-0.2, 0) is 9.47 Å². The van der Waals surface area contributed by atoms with Gasteiger partial charge in [0.2, 0.25) is 5.82 Å². The van der Waals surface area contributed by atoms with Crippen molar-refractivity contribution in [2.45, 2.75) is 85.9 Å². The molecule has 1 amide bonds. The highest BCUT2D eigenvalue weighted by Gasteiger charge is 2.28. The lowest BCUT2D eigenvalue weighted by Gasteiger charge is -2.33. The zero-order chi connectivity index (χ0) is 32.0. The fourth-order valence-corrected chi connectivity index (χ4v) is 4.05. The number of carbonyl (C=O) groups excluding carboxylic acids is 1. The second-order valence-corrected chi connectivity index (χ2v) is 11.4. The number of nitrogens with two attached hydrogens (primary N) is 1. The predicted molar refractivity (Wildman–Crippen MR) is 166 cm³/mol. The van der Waals surface area contributed by atoms with Gasteiger partial charge in [-0.05, 0) is 70.7 Å². The second kappa shape index (κ2) is 18.0. The number of anilines is 1. The lowest BCUT2D eigenvalue weighted by molar-refractivity contribution is -0.387. The minimum atomic E-state index is -0.907. The molecule has 0 bridgehead atoms. The van der Waals surface area contributed by atoms with Gasteiger partial charge in [-0.3, -0.25) is 10.1 Å². The first kappa shape index (κ1) is 37.2. The first-order valence-corrected chi connectivity index (χ1v) is 14.8. The van der Waals surface area contributed by atoms with Gasteiger partial charge in [-0.2, -0.15) is 4.39 Å². The Morgan fingerprint density at radius 2 is 1.57 bits per heavy atom. The number of nitrogens with zero attached hydrogens (tertiary/aromatic N) is 2. The van der Waals surface area contributed by atoms with Crippen LogP contribution in [0.25, 0.3) is 0 Å². The van der Waals surface area contributed by atoms with Gasteiger partial charge in [-0.25, -0.2) is 4.79 Å². The largest absolute Gasteiger partial charge is 0.488 e. The molecule has 0 aromatic heterocycles. The van der Waals surface area contributed by atoms with E-state index in [-0.39, 0.29) is 17.2 Å². The van der Waals surface area contributed by atoms with Crippen LogP contribution in [0.4, 0.5) is 20.6 Å². The Morgan fingerprint density at radius 3 is 2.05 bits per heavy atom. The van der Waals surface area contributed by atoms with Gasteiger partial charge < -0.3 is 24.8 Å². The topological polar surface area (TPSA) is 117 Å². The molecule has 2 heterocycles. The Hall–Kier alpha value is -2.82. The molecule has 2 aliphatic rings. The zero-order valence-corrected chi connectivity index (χ0v) is 27.1. The van der Waals surface area contributed by atoms with Gasteiger partial charge in [-0.15, -0.1) is 0 Å². The third kappa shape index (κ3) is 13.0. The fourth-order valence-electron chi connectivity index (χ4n) is 3.74. The van der Waals surface area contributed by atoms with Crippen LogP contribution in [-0.4, -0.2) is 53.9 Å². The molecule has 9 nitrogen and oxygen atoms in total. The van der Waals surface area contributed by atoms with Gasteiger partial charge in [0, 0.05) is 61.3 Å². The molecule has 2 aromatic carbocycles. The summed E-state index contributed by atoms with van der Waals surface area (Å²) in [6, 6.07) is 5.62. The van der Waals surface area contributed by atoms with Crippen LogP contribution in [0.5, 0.6) is 5.75 Å². The van der Waals surface area contributed by atoms with Crippen molar-refractivity contribution in [2.24, 2.45) is 0 Å². The van der Waals surface area contributed by atoms with Crippen molar-refractivity contribution >= 4 is 40.7 Å². The number of nitrogen functional groups attached to an aromatic ring is 1. The molecule has 42 heavy (non-hydrogen) atoms. The van der Waals surface area contributed by atoms with Crippen LogP contribution in [0.1, 0.15) is 71.4 Å². The Morgan fingerprint density at radius 1 is 1.05 bits per heavy atom.